The molecule has 244 valence electrons. The summed E-state index contributed by atoms with van der Waals surface area (Å²) in [5.74, 6) is -1.81. The average Bonchev–Trinajstić information content (AvgIpc) is 3.59. The first-order chi connectivity index (χ1) is 22.6. The van der Waals surface area contributed by atoms with E-state index in [1.54, 1.807) is 24.3 Å². The summed E-state index contributed by atoms with van der Waals surface area (Å²) in [6.45, 7) is -1.13. The second kappa shape index (κ2) is 15.0. The first kappa shape index (κ1) is 33.3. The zero-order valence-electron chi connectivity index (χ0n) is 25.6. The molecular formula is C35H35FN4O6S. The standard InChI is InChI=1S/C35H35FN4O6S/c36-32-21-10-7-14-27(32)24-38(33(22-26-12-3-1-4-13-26)35(42)37-28-15-8-9-16-28)34(41)25-39(29-17-11-18-30(23-29)40(43)44)47(45,46)31-19-5-2-6-20-31/h1-7,10-14,17-21,23,28,33H,8-9,15-16,22,24-25H2,(H,37,42). The van der Waals surface area contributed by atoms with Crippen LogP contribution in [0.5, 0.6) is 0 Å². The molecule has 0 heterocycles. The molecule has 1 saturated carbocycles. The van der Waals surface area contributed by atoms with Crippen LogP contribution >= 0.6 is 0 Å². The van der Waals surface area contributed by atoms with Gasteiger partial charge in [-0.3, -0.25) is 24.0 Å². The lowest BCUT2D eigenvalue weighted by atomic mass is 10.0. The van der Waals surface area contributed by atoms with Gasteiger partial charge in [0.15, 0.2) is 0 Å². The first-order valence-electron chi connectivity index (χ1n) is 15.3. The van der Waals surface area contributed by atoms with Crippen molar-refractivity contribution < 1.29 is 27.3 Å². The molecule has 0 spiro atoms. The molecule has 1 N–H and O–H groups in total. The molecule has 1 fully saturated rings. The summed E-state index contributed by atoms with van der Waals surface area (Å²) in [5.41, 5.74) is 0.403. The largest absolute Gasteiger partial charge is 0.352 e. The molecule has 0 aliphatic heterocycles. The Labute approximate surface area is 273 Å². The number of carbonyl (C=O) groups is 2. The van der Waals surface area contributed by atoms with Crippen LogP contribution in [0.4, 0.5) is 15.8 Å². The number of nitro groups is 1. The third-order valence-corrected chi connectivity index (χ3v) is 10.00. The molecule has 1 unspecified atom stereocenters. The normalized spacial score (nSPS) is 13.9. The second-order valence-corrected chi connectivity index (χ2v) is 13.3. The number of benzene rings is 4. The summed E-state index contributed by atoms with van der Waals surface area (Å²) >= 11 is 0. The van der Waals surface area contributed by atoms with Crippen LogP contribution in [0.3, 0.4) is 0 Å². The molecule has 4 aromatic carbocycles. The third-order valence-electron chi connectivity index (χ3n) is 8.21. The fourth-order valence-corrected chi connectivity index (χ4v) is 7.17. The van der Waals surface area contributed by atoms with Crippen LogP contribution in [0.2, 0.25) is 0 Å². The van der Waals surface area contributed by atoms with E-state index in [1.807, 2.05) is 18.2 Å². The number of sulfonamides is 1. The maximum absolute atomic E-state index is 15.1. The summed E-state index contributed by atoms with van der Waals surface area (Å²) in [6, 6.07) is 26.1. The maximum Gasteiger partial charge on any atom is 0.271 e. The van der Waals surface area contributed by atoms with Gasteiger partial charge in [0.1, 0.15) is 18.4 Å². The average molecular weight is 659 g/mol. The lowest BCUT2D eigenvalue weighted by molar-refractivity contribution is -0.384. The number of nitrogens with zero attached hydrogens (tertiary/aromatic N) is 3. The van der Waals surface area contributed by atoms with Crippen molar-refractivity contribution in [1.82, 2.24) is 10.2 Å². The molecule has 12 heteroatoms. The number of hydrogen-bond acceptors (Lipinski definition) is 6. The number of nitro benzene ring substituents is 1. The van der Waals surface area contributed by atoms with Crippen LogP contribution in [-0.2, 0) is 32.6 Å². The molecule has 5 rings (SSSR count). The van der Waals surface area contributed by atoms with Crippen LogP contribution in [0.1, 0.15) is 36.8 Å². The number of nitrogens with one attached hydrogen (secondary N) is 1. The molecule has 1 aliphatic carbocycles. The van der Waals surface area contributed by atoms with Crippen molar-refractivity contribution in [2.24, 2.45) is 0 Å². The highest BCUT2D eigenvalue weighted by Crippen LogP contribution is 2.28. The highest BCUT2D eigenvalue weighted by atomic mass is 32.2. The highest BCUT2D eigenvalue weighted by Gasteiger charge is 2.36. The Bertz CT molecular complexity index is 1820. The van der Waals surface area contributed by atoms with Gasteiger partial charge in [0.2, 0.25) is 11.8 Å². The van der Waals surface area contributed by atoms with Crippen molar-refractivity contribution in [3.63, 3.8) is 0 Å². The van der Waals surface area contributed by atoms with Crippen LogP contribution in [0, 0.1) is 15.9 Å². The van der Waals surface area contributed by atoms with E-state index in [0.29, 0.717) is 0 Å². The molecule has 0 bridgehead atoms. The number of rotatable bonds is 13. The molecule has 0 saturated heterocycles. The zero-order valence-corrected chi connectivity index (χ0v) is 26.4. The maximum atomic E-state index is 15.1. The van der Waals surface area contributed by atoms with Gasteiger partial charge >= 0.3 is 0 Å². The molecule has 0 radical (unpaired) electrons. The number of anilines is 1. The van der Waals surface area contributed by atoms with E-state index < -0.39 is 45.2 Å². The molecule has 2 amide bonds. The minimum Gasteiger partial charge on any atom is -0.352 e. The van der Waals surface area contributed by atoms with Gasteiger partial charge in [-0.05, 0) is 42.7 Å². The van der Waals surface area contributed by atoms with Crippen LogP contribution in [-0.4, -0.2) is 48.7 Å². The van der Waals surface area contributed by atoms with Crippen molar-refractivity contribution in [2.45, 2.75) is 55.6 Å². The van der Waals surface area contributed by atoms with Crippen LogP contribution in [0.25, 0.3) is 0 Å². The van der Waals surface area contributed by atoms with Crippen molar-refractivity contribution in [3.8, 4) is 0 Å². The summed E-state index contributed by atoms with van der Waals surface area (Å²) in [7, 11) is -4.44. The number of hydrogen-bond donors (Lipinski definition) is 1. The lowest BCUT2D eigenvalue weighted by Gasteiger charge is -2.34. The number of halogens is 1. The van der Waals surface area contributed by atoms with E-state index in [1.165, 1.54) is 65.6 Å². The van der Waals surface area contributed by atoms with E-state index in [-0.39, 0.29) is 40.8 Å². The van der Waals surface area contributed by atoms with Crippen molar-refractivity contribution in [3.05, 3.63) is 136 Å². The fraction of sp³-hybridized carbons (Fsp3) is 0.257. The molecule has 1 atom stereocenters. The Balaban J connectivity index is 1.59. The smallest absolute Gasteiger partial charge is 0.271 e. The molecule has 4 aromatic rings. The minimum absolute atomic E-state index is 0.0778. The SMILES string of the molecule is O=C(NC1CCCC1)C(Cc1ccccc1)N(Cc1ccccc1F)C(=O)CN(c1cccc([N+](=O)[O-])c1)S(=O)(=O)c1ccccc1. The van der Waals surface area contributed by atoms with Gasteiger partial charge in [-0.2, -0.15) is 0 Å². The van der Waals surface area contributed by atoms with Gasteiger partial charge in [0.05, 0.1) is 15.5 Å². The minimum atomic E-state index is -4.44. The monoisotopic (exact) mass is 658 g/mol. The molecular weight excluding hydrogens is 623 g/mol. The van der Waals surface area contributed by atoms with E-state index in [4.69, 9.17) is 0 Å². The van der Waals surface area contributed by atoms with Crippen molar-refractivity contribution >= 4 is 33.2 Å². The number of non-ortho nitro benzene ring substituents is 1. The number of carbonyl (C=O) groups excluding carboxylic acids is 2. The quantitative estimate of drug-likeness (QED) is 0.147. The van der Waals surface area contributed by atoms with Crippen molar-refractivity contribution in [1.29, 1.82) is 0 Å². The highest BCUT2D eigenvalue weighted by molar-refractivity contribution is 7.92. The lowest BCUT2D eigenvalue weighted by Crippen LogP contribution is -2.54. The van der Waals surface area contributed by atoms with Crippen LogP contribution in [0.15, 0.2) is 114 Å². The van der Waals surface area contributed by atoms with Gasteiger partial charge in [0, 0.05) is 36.7 Å². The fourth-order valence-electron chi connectivity index (χ4n) is 5.74. The van der Waals surface area contributed by atoms with E-state index in [2.05, 4.69) is 5.32 Å². The van der Waals surface area contributed by atoms with Gasteiger partial charge in [-0.15, -0.1) is 0 Å². The van der Waals surface area contributed by atoms with Crippen LogP contribution < -0.4 is 9.62 Å². The Morgan fingerprint density at radius 2 is 1.53 bits per heavy atom. The zero-order chi connectivity index (χ0) is 33.4. The molecule has 47 heavy (non-hydrogen) atoms. The van der Waals surface area contributed by atoms with Gasteiger partial charge in [0.25, 0.3) is 15.7 Å². The summed E-state index contributed by atoms with van der Waals surface area (Å²) < 4.78 is 44.0. The van der Waals surface area contributed by atoms with Crippen molar-refractivity contribution in [2.75, 3.05) is 10.8 Å². The van der Waals surface area contributed by atoms with E-state index in [9.17, 15) is 28.1 Å². The molecule has 10 nitrogen and oxygen atoms in total. The Morgan fingerprint density at radius 1 is 0.894 bits per heavy atom. The topological polar surface area (TPSA) is 130 Å². The summed E-state index contributed by atoms with van der Waals surface area (Å²) in [5, 5.41) is 14.7. The van der Waals surface area contributed by atoms with Gasteiger partial charge in [-0.1, -0.05) is 85.6 Å². The number of amides is 2. The summed E-state index contributed by atoms with van der Waals surface area (Å²) in [4.78, 5) is 40.5. The predicted octanol–water partition coefficient (Wildman–Crippen LogP) is 5.63. The Hall–Kier alpha value is -5.10. The second-order valence-electron chi connectivity index (χ2n) is 11.4. The molecule has 0 aromatic heterocycles. The van der Waals surface area contributed by atoms with Gasteiger partial charge in [-0.25, -0.2) is 12.8 Å². The third kappa shape index (κ3) is 8.20. The Morgan fingerprint density at radius 3 is 2.19 bits per heavy atom. The van der Waals surface area contributed by atoms with Gasteiger partial charge < -0.3 is 10.2 Å². The van der Waals surface area contributed by atoms with E-state index in [0.717, 1.165) is 41.6 Å². The molecule has 1 aliphatic rings. The van der Waals surface area contributed by atoms with E-state index >= 15 is 4.39 Å². The summed E-state index contributed by atoms with van der Waals surface area (Å²) in [6.07, 6.45) is 3.59. The predicted molar refractivity (Wildman–Crippen MR) is 175 cm³/mol. The Kier molecular flexibility index (Phi) is 10.6. The first-order valence-corrected chi connectivity index (χ1v) is 16.8.